The Hall–Kier alpha value is -2.25. The average Bonchev–Trinajstić information content (AvgIpc) is 2.59. The molecule has 24 heavy (non-hydrogen) atoms. The number of carbonyl (C=O) groups is 1. The van der Waals surface area contributed by atoms with Crippen molar-refractivity contribution in [1.29, 1.82) is 0 Å². The lowest BCUT2D eigenvalue weighted by Gasteiger charge is -2.09. The monoisotopic (exact) mass is 366 g/mol. The molecule has 0 atom stereocenters. The molecule has 0 radical (unpaired) electrons. The first-order valence-electron chi connectivity index (χ1n) is 7.00. The van der Waals surface area contributed by atoms with Crippen molar-refractivity contribution in [3.8, 4) is 5.75 Å². The van der Waals surface area contributed by atoms with Gasteiger partial charge in [0.2, 0.25) is 0 Å². The maximum Gasteiger partial charge on any atom is 0.270 e. The van der Waals surface area contributed by atoms with Crippen molar-refractivity contribution in [3.05, 3.63) is 63.2 Å². The molecule has 8 heteroatoms. The van der Waals surface area contributed by atoms with Crippen LogP contribution < -0.4 is 10.1 Å². The highest BCUT2D eigenvalue weighted by molar-refractivity contribution is 7.99. The van der Waals surface area contributed by atoms with Crippen LogP contribution in [0.15, 0.2) is 47.4 Å². The number of benzene rings is 2. The molecule has 0 unspecified atom stereocenters. The molecule has 0 spiro atoms. The predicted molar refractivity (Wildman–Crippen MR) is 94.2 cm³/mol. The van der Waals surface area contributed by atoms with Gasteiger partial charge in [-0.3, -0.25) is 14.9 Å². The maximum atomic E-state index is 12.2. The molecule has 6 nitrogen and oxygen atoms in total. The number of carbonyl (C=O) groups excluding carboxylic acids is 1. The van der Waals surface area contributed by atoms with Crippen molar-refractivity contribution < 1.29 is 14.5 Å². The van der Waals surface area contributed by atoms with E-state index in [-0.39, 0.29) is 11.3 Å². The van der Waals surface area contributed by atoms with E-state index in [0.29, 0.717) is 23.1 Å². The Balaban J connectivity index is 1.93. The number of hydrogen-bond donors (Lipinski definition) is 1. The summed E-state index contributed by atoms with van der Waals surface area (Å²) in [5.41, 5.74) is -0.0142. The van der Waals surface area contributed by atoms with Gasteiger partial charge in [-0.2, -0.15) is 0 Å². The molecule has 2 aromatic rings. The minimum atomic E-state index is -0.549. The first-order valence-corrected chi connectivity index (χ1v) is 8.36. The van der Waals surface area contributed by atoms with Gasteiger partial charge in [0.15, 0.2) is 0 Å². The molecule has 0 aliphatic rings. The molecule has 2 aromatic carbocycles. The van der Waals surface area contributed by atoms with Crippen molar-refractivity contribution in [2.45, 2.75) is 4.90 Å². The summed E-state index contributed by atoms with van der Waals surface area (Å²) >= 11 is 7.39. The van der Waals surface area contributed by atoms with Crippen molar-refractivity contribution in [2.75, 3.05) is 19.4 Å². The number of rotatable bonds is 7. The van der Waals surface area contributed by atoms with Crippen LogP contribution in [0, 0.1) is 10.1 Å². The zero-order valence-corrected chi connectivity index (χ0v) is 14.4. The van der Waals surface area contributed by atoms with Crippen molar-refractivity contribution in [3.63, 3.8) is 0 Å². The van der Waals surface area contributed by atoms with E-state index in [2.05, 4.69) is 5.32 Å². The number of non-ortho nitro benzene ring substituents is 1. The molecular formula is C16H15ClN2O4S. The highest BCUT2D eigenvalue weighted by atomic mass is 35.5. The Bertz CT molecular complexity index is 737. The van der Waals surface area contributed by atoms with Crippen LogP contribution >= 0.6 is 23.4 Å². The van der Waals surface area contributed by atoms with Gasteiger partial charge in [-0.05, 0) is 30.3 Å². The summed E-state index contributed by atoms with van der Waals surface area (Å²) in [6.07, 6.45) is 0. The van der Waals surface area contributed by atoms with Gasteiger partial charge in [-0.1, -0.05) is 11.6 Å². The van der Waals surface area contributed by atoms with E-state index in [1.807, 2.05) is 12.1 Å². The highest BCUT2D eigenvalue weighted by Crippen LogP contribution is 2.24. The molecule has 1 N–H and O–H groups in total. The van der Waals surface area contributed by atoms with Gasteiger partial charge in [0.05, 0.1) is 17.6 Å². The highest BCUT2D eigenvalue weighted by Gasteiger charge is 2.17. The van der Waals surface area contributed by atoms with E-state index in [0.717, 1.165) is 4.90 Å². The minimum Gasteiger partial charge on any atom is -0.496 e. The second kappa shape index (κ2) is 8.56. The number of nitro benzene ring substituents is 1. The van der Waals surface area contributed by atoms with Gasteiger partial charge >= 0.3 is 0 Å². The summed E-state index contributed by atoms with van der Waals surface area (Å²) in [6.45, 7) is 0.415. The number of nitro groups is 1. The third kappa shape index (κ3) is 4.87. The predicted octanol–water partition coefficient (Wildman–Crippen LogP) is 3.78. The molecule has 0 saturated heterocycles. The summed E-state index contributed by atoms with van der Waals surface area (Å²) < 4.78 is 5.09. The molecule has 0 aromatic heterocycles. The average molecular weight is 367 g/mol. The van der Waals surface area contributed by atoms with E-state index in [9.17, 15) is 14.9 Å². The lowest BCUT2D eigenvalue weighted by Crippen LogP contribution is -2.26. The molecule has 0 saturated carbocycles. The minimum absolute atomic E-state index is 0.142. The van der Waals surface area contributed by atoms with Crippen LogP contribution in [0.5, 0.6) is 5.75 Å². The quantitative estimate of drug-likeness (QED) is 0.349. The fraction of sp³-hybridized carbons (Fsp3) is 0.188. The third-order valence-electron chi connectivity index (χ3n) is 3.11. The number of ether oxygens (including phenoxy) is 1. The first-order chi connectivity index (χ1) is 11.5. The first kappa shape index (κ1) is 18.1. The lowest BCUT2D eigenvalue weighted by atomic mass is 10.1. The van der Waals surface area contributed by atoms with Crippen LogP contribution in [0.1, 0.15) is 10.4 Å². The SMILES string of the molecule is COc1ccc([N+](=O)[O-])cc1C(=O)NCCSc1ccc(Cl)cc1. The Morgan fingerprint density at radius 1 is 1.29 bits per heavy atom. The smallest absolute Gasteiger partial charge is 0.270 e. The molecule has 0 fully saturated rings. The van der Waals surface area contributed by atoms with Gasteiger partial charge in [0.25, 0.3) is 11.6 Å². The molecule has 0 aliphatic carbocycles. The van der Waals surface area contributed by atoms with Crippen LogP contribution in [0.25, 0.3) is 0 Å². The van der Waals surface area contributed by atoms with E-state index < -0.39 is 10.8 Å². The summed E-state index contributed by atoms with van der Waals surface area (Å²) in [5.74, 6) is 0.542. The number of nitrogens with one attached hydrogen (secondary N) is 1. The van der Waals surface area contributed by atoms with Gasteiger partial charge in [-0.15, -0.1) is 11.8 Å². The summed E-state index contributed by atoms with van der Waals surface area (Å²) in [5, 5.41) is 14.2. The number of hydrogen-bond acceptors (Lipinski definition) is 5. The van der Waals surface area contributed by atoms with Crippen molar-refractivity contribution in [1.82, 2.24) is 5.32 Å². The number of methoxy groups -OCH3 is 1. The Morgan fingerprint density at radius 2 is 2.00 bits per heavy atom. The number of thioether (sulfide) groups is 1. The second-order valence-electron chi connectivity index (χ2n) is 4.70. The third-order valence-corrected chi connectivity index (χ3v) is 4.37. The molecule has 0 aliphatic heterocycles. The summed E-state index contributed by atoms with van der Waals surface area (Å²) in [7, 11) is 1.41. The van der Waals surface area contributed by atoms with Gasteiger partial charge in [0.1, 0.15) is 5.75 Å². The molecule has 0 bridgehead atoms. The van der Waals surface area contributed by atoms with Crippen LogP contribution in [0.3, 0.4) is 0 Å². The van der Waals surface area contributed by atoms with Crippen LogP contribution in [-0.4, -0.2) is 30.2 Å². The van der Waals surface area contributed by atoms with Crippen LogP contribution in [-0.2, 0) is 0 Å². The van der Waals surface area contributed by atoms with Crippen molar-refractivity contribution >= 4 is 35.0 Å². The van der Waals surface area contributed by atoms with E-state index in [4.69, 9.17) is 16.3 Å². The Kier molecular flexibility index (Phi) is 6.45. The van der Waals surface area contributed by atoms with E-state index in [1.54, 1.807) is 23.9 Å². The molecule has 0 heterocycles. The number of halogens is 1. The summed E-state index contributed by atoms with van der Waals surface area (Å²) in [6, 6.07) is 11.3. The molecule has 1 amide bonds. The zero-order valence-electron chi connectivity index (χ0n) is 12.8. The fourth-order valence-electron chi connectivity index (χ4n) is 1.95. The van der Waals surface area contributed by atoms with E-state index >= 15 is 0 Å². The summed E-state index contributed by atoms with van der Waals surface area (Å²) in [4.78, 5) is 23.5. The largest absolute Gasteiger partial charge is 0.496 e. The van der Waals surface area contributed by atoms with Gasteiger partial charge in [0, 0.05) is 34.3 Å². The van der Waals surface area contributed by atoms with Crippen LogP contribution in [0.4, 0.5) is 5.69 Å². The van der Waals surface area contributed by atoms with E-state index in [1.165, 1.54) is 25.3 Å². The van der Waals surface area contributed by atoms with Gasteiger partial charge < -0.3 is 10.1 Å². The van der Waals surface area contributed by atoms with Crippen molar-refractivity contribution in [2.24, 2.45) is 0 Å². The topological polar surface area (TPSA) is 81.5 Å². The standard InChI is InChI=1S/C16H15ClN2O4S/c1-23-15-7-4-12(19(21)22)10-14(15)16(20)18-8-9-24-13-5-2-11(17)3-6-13/h2-7,10H,8-9H2,1H3,(H,18,20). The van der Waals surface area contributed by atoms with Gasteiger partial charge in [-0.25, -0.2) is 0 Å². The molecule has 2 rings (SSSR count). The Labute approximate surface area is 148 Å². The fourth-order valence-corrected chi connectivity index (χ4v) is 2.84. The normalized spacial score (nSPS) is 10.2. The molecule has 126 valence electrons. The number of amides is 1. The Morgan fingerprint density at radius 3 is 2.62 bits per heavy atom. The second-order valence-corrected chi connectivity index (χ2v) is 6.30. The zero-order chi connectivity index (χ0) is 17.5. The lowest BCUT2D eigenvalue weighted by molar-refractivity contribution is -0.384. The number of nitrogens with zero attached hydrogens (tertiary/aromatic N) is 1. The van der Waals surface area contributed by atoms with Crippen LogP contribution in [0.2, 0.25) is 5.02 Å². The maximum absolute atomic E-state index is 12.2. The molecular weight excluding hydrogens is 352 g/mol.